The van der Waals surface area contributed by atoms with Crippen LogP contribution in [0.25, 0.3) is 0 Å². The monoisotopic (exact) mass is 490 g/mol. The largest absolute Gasteiger partial charge is 0.376 e. The maximum Gasteiger partial charge on any atom is 0.248 e. The Kier molecular flexibility index (Phi) is 7.71. The number of amides is 1. The van der Waals surface area contributed by atoms with Gasteiger partial charge in [-0.2, -0.15) is 4.31 Å². The van der Waals surface area contributed by atoms with Crippen molar-refractivity contribution in [1.29, 1.82) is 0 Å². The maximum atomic E-state index is 13.0. The van der Waals surface area contributed by atoms with E-state index < -0.39 is 10.0 Å². The van der Waals surface area contributed by atoms with Crippen LogP contribution in [0.15, 0.2) is 33.7 Å². The molecule has 1 aromatic heterocycles. The summed E-state index contributed by atoms with van der Waals surface area (Å²) in [4.78, 5) is 15.3. The van der Waals surface area contributed by atoms with Gasteiger partial charge in [0.15, 0.2) is 5.76 Å². The van der Waals surface area contributed by atoms with Crippen molar-refractivity contribution in [2.45, 2.75) is 57.7 Å². The van der Waals surface area contributed by atoms with Crippen LogP contribution in [0.5, 0.6) is 0 Å². The first-order valence-corrected chi connectivity index (χ1v) is 13.3. The highest BCUT2D eigenvalue weighted by molar-refractivity contribution is 7.89. The number of aryl methyl sites for hydroxylation is 2. The van der Waals surface area contributed by atoms with Crippen molar-refractivity contribution in [3.63, 3.8) is 0 Å². The predicted octanol–water partition coefficient (Wildman–Crippen LogP) is 2.23. The van der Waals surface area contributed by atoms with Gasteiger partial charge in [0.2, 0.25) is 15.9 Å². The van der Waals surface area contributed by atoms with Gasteiger partial charge in [-0.1, -0.05) is 29.4 Å². The summed E-state index contributed by atoms with van der Waals surface area (Å²) in [6, 6.07) is 8.29. The standard InChI is InChI=1S/C24H34N4O5S/c1-17-15-27(11-12-32-17)16-21-6-4-5-20(13-21)14-25-24(29)22-7-9-28(10-8-22)34(30,31)23-18(2)26-33-19(23)3/h4-6,13,17,22H,7-12,14-16H2,1-3H3,(H,25,29). The van der Waals surface area contributed by atoms with Crippen LogP contribution in [0.2, 0.25) is 0 Å². The van der Waals surface area contributed by atoms with Crippen LogP contribution in [0, 0.1) is 19.8 Å². The lowest BCUT2D eigenvalue weighted by Gasteiger charge is -2.31. The van der Waals surface area contributed by atoms with E-state index in [9.17, 15) is 13.2 Å². The molecule has 3 heterocycles. The fourth-order valence-electron chi connectivity index (χ4n) is 4.79. The van der Waals surface area contributed by atoms with Crippen LogP contribution >= 0.6 is 0 Å². The minimum absolute atomic E-state index is 0.0261. The Morgan fingerprint density at radius 3 is 2.59 bits per heavy atom. The van der Waals surface area contributed by atoms with Crippen molar-refractivity contribution >= 4 is 15.9 Å². The van der Waals surface area contributed by atoms with Crippen LogP contribution < -0.4 is 5.32 Å². The predicted molar refractivity (Wildman–Crippen MR) is 126 cm³/mol. The molecule has 2 aliphatic rings. The summed E-state index contributed by atoms with van der Waals surface area (Å²) in [7, 11) is -3.67. The first kappa shape index (κ1) is 24.8. The number of nitrogens with one attached hydrogen (secondary N) is 1. The molecular formula is C24H34N4O5S. The number of nitrogens with zero attached hydrogens (tertiary/aromatic N) is 3. The first-order valence-electron chi connectivity index (χ1n) is 11.9. The highest BCUT2D eigenvalue weighted by Gasteiger charge is 2.35. The molecule has 9 nitrogen and oxygen atoms in total. The average Bonchev–Trinajstić information content (AvgIpc) is 3.16. The molecule has 1 atom stereocenters. The third-order valence-electron chi connectivity index (χ3n) is 6.58. The second-order valence-corrected chi connectivity index (χ2v) is 11.2. The molecule has 1 N–H and O–H groups in total. The van der Waals surface area contributed by atoms with Crippen LogP contribution in [0.3, 0.4) is 0 Å². The van der Waals surface area contributed by atoms with Crippen molar-refractivity contribution in [2.75, 3.05) is 32.8 Å². The summed E-state index contributed by atoms with van der Waals surface area (Å²) in [6.45, 7) is 9.86. The summed E-state index contributed by atoms with van der Waals surface area (Å²) in [5.74, 6) is 0.0682. The van der Waals surface area contributed by atoms with Gasteiger partial charge < -0.3 is 14.6 Å². The molecule has 34 heavy (non-hydrogen) atoms. The zero-order chi connectivity index (χ0) is 24.3. The number of carbonyl (C=O) groups excluding carboxylic acids is 1. The smallest absolute Gasteiger partial charge is 0.248 e. The van der Waals surface area contributed by atoms with Crippen LogP contribution in [0.4, 0.5) is 0 Å². The first-order chi connectivity index (χ1) is 16.2. The fraction of sp³-hybridized carbons (Fsp3) is 0.583. The van der Waals surface area contributed by atoms with E-state index in [0.29, 0.717) is 43.9 Å². The van der Waals surface area contributed by atoms with Gasteiger partial charge >= 0.3 is 0 Å². The number of piperidine rings is 1. The van der Waals surface area contributed by atoms with Gasteiger partial charge in [-0.3, -0.25) is 9.69 Å². The van der Waals surface area contributed by atoms with Gasteiger partial charge in [0.25, 0.3) is 0 Å². The Morgan fingerprint density at radius 1 is 1.18 bits per heavy atom. The quantitative estimate of drug-likeness (QED) is 0.635. The van der Waals surface area contributed by atoms with Gasteiger partial charge in [-0.25, -0.2) is 8.42 Å². The van der Waals surface area contributed by atoms with Gasteiger partial charge in [0.1, 0.15) is 10.6 Å². The molecule has 10 heteroatoms. The number of rotatable bonds is 7. The lowest BCUT2D eigenvalue weighted by atomic mass is 9.97. The third kappa shape index (κ3) is 5.68. The molecule has 0 spiro atoms. The maximum absolute atomic E-state index is 13.0. The zero-order valence-electron chi connectivity index (χ0n) is 20.1. The lowest BCUT2D eigenvalue weighted by Crippen LogP contribution is -2.43. The van der Waals surface area contributed by atoms with Crippen molar-refractivity contribution in [3.05, 3.63) is 46.8 Å². The topological polar surface area (TPSA) is 105 Å². The molecule has 186 valence electrons. The van der Waals surface area contributed by atoms with Crippen molar-refractivity contribution < 1.29 is 22.5 Å². The molecule has 0 saturated carbocycles. The number of ether oxygens (including phenoxy) is 1. The van der Waals surface area contributed by atoms with E-state index in [-0.39, 0.29) is 22.8 Å². The molecular weight excluding hydrogens is 456 g/mol. The van der Waals surface area contributed by atoms with E-state index in [1.54, 1.807) is 13.8 Å². The summed E-state index contributed by atoms with van der Waals surface area (Å²) in [5.41, 5.74) is 2.65. The highest BCUT2D eigenvalue weighted by Crippen LogP contribution is 2.27. The summed E-state index contributed by atoms with van der Waals surface area (Å²) >= 11 is 0. The average molecular weight is 491 g/mol. The number of benzene rings is 1. The van der Waals surface area contributed by atoms with E-state index in [4.69, 9.17) is 9.26 Å². The zero-order valence-corrected chi connectivity index (χ0v) is 20.9. The molecule has 2 fully saturated rings. The Bertz CT molecular complexity index is 1090. The number of sulfonamides is 1. The number of morpholine rings is 1. The number of hydrogen-bond donors (Lipinski definition) is 1. The normalized spacial score (nSPS) is 21.0. The summed E-state index contributed by atoms with van der Waals surface area (Å²) in [5, 5.41) is 6.80. The Balaban J connectivity index is 1.28. The Hall–Kier alpha value is -2.27. The molecule has 2 aliphatic heterocycles. The summed E-state index contributed by atoms with van der Waals surface area (Å²) in [6.07, 6.45) is 1.23. The molecule has 2 saturated heterocycles. The second-order valence-electron chi connectivity index (χ2n) is 9.29. The minimum Gasteiger partial charge on any atom is -0.376 e. The number of hydrogen-bond acceptors (Lipinski definition) is 7. The molecule has 0 aliphatic carbocycles. The fourth-order valence-corrected chi connectivity index (χ4v) is 6.56. The highest BCUT2D eigenvalue weighted by atomic mass is 32.2. The molecule has 1 amide bonds. The van der Waals surface area contributed by atoms with E-state index in [1.165, 1.54) is 9.87 Å². The Labute approximate surface area is 201 Å². The second kappa shape index (κ2) is 10.6. The van der Waals surface area contributed by atoms with E-state index in [2.05, 4.69) is 34.4 Å². The molecule has 1 aromatic carbocycles. The molecule has 1 unspecified atom stereocenters. The molecule has 0 radical (unpaired) electrons. The molecule has 0 bridgehead atoms. The minimum atomic E-state index is -3.67. The van der Waals surface area contributed by atoms with E-state index in [0.717, 1.165) is 31.8 Å². The van der Waals surface area contributed by atoms with E-state index in [1.807, 2.05) is 12.1 Å². The van der Waals surface area contributed by atoms with Crippen LogP contribution in [0.1, 0.15) is 42.3 Å². The Morgan fingerprint density at radius 2 is 1.91 bits per heavy atom. The van der Waals surface area contributed by atoms with Crippen LogP contribution in [-0.2, 0) is 32.6 Å². The third-order valence-corrected chi connectivity index (χ3v) is 8.72. The summed E-state index contributed by atoms with van der Waals surface area (Å²) < 4.78 is 38.0. The molecule has 2 aromatic rings. The van der Waals surface area contributed by atoms with Crippen molar-refractivity contribution in [1.82, 2.24) is 19.7 Å². The SMILES string of the molecule is Cc1noc(C)c1S(=O)(=O)N1CCC(C(=O)NCc2cccc(CN3CCOC(C)C3)c2)CC1. The van der Waals surface area contributed by atoms with Gasteiger partial charge in [-0.05, 0) is 44.7 Å². The lowest BCUT2D eigenvalue weighted by molar-refractivity contribution is -0.126. The molecule has 4 rings (SSSR count). The van der Waals surface area contributed by atoms with E-state index >= 15 is 0 Å². The van der Waals surface area contributed by atoms with Gasteiger partial charge in [0, 0.05) is 45.2 Å². The van der Waals surface area contributed by atoms with Crippen molar-refractivity contribution in [3.8, 4) is 0 Å². The number of aromatic nitrogens is 1. The van der Waals surface area contributed by atoms with Crippen LogP contribution in [-0.4, -0.2) is 67.6 Å². The van der Waals surface area contributed by atoms with Gasteiger partial charge in [-0.15, -0.1) is 0 Å². The van der Waals surface area contributed by atoms with Gasteiger partial charge in [0.05, 0.1) is 12.7 Å². The number of carbonyl (C=O) groups is 1. The van der Waals surface area contributed by atoms with Crippen molar-refractivity contribution in [2.24, 2.45) is 5.92 Å².